The number of nitrogens with one attached hydrogen (secondary N) is 1. The number of amides is 2. The molecule has 0 unspecified atom stereocenters. The zero-order valence-corrected chi connectivity index (χ0v) is 22.1. The Morgan fingerprint density at radius 3 is 2.72 bits per heavy atom. The van der Waals surface area contributed by atoms with Gasteiger partial charge in [-0.05, 0) is 86.9 Å². The fourth-order valence-electron chi connectivity index (χ4n) is 6.40. The number of urea groups is 1. The Hall–Kier alpha value is -2.56. The van der Waals surface area contributed by atoms with Crippen molar-refractivity contribution in [1.29, 1.82) is 0 Å². The topological polar surface area (TPSA) is 65.0 Å². The van der Waals surface area contributed by atoms with Gasteiger partial charge in [0.15, 0.2) is 0 Å². The molecule has 39 heavy (non-hydrogen) atoms. The van der Waals surface area contributed by atoms with Crippen LogP contribution in [0.3, 0.4) is 0 Å². The third kappa shape index (κ3) is 6.44. The second kappa shape index (κ2) is 11.1. The van der Waals surface area contributed by atoms with Crippen molar-refractivity contribution < 1.29 is 32.2 Å². The number of nitrogens with zero attached hydrogens (tertiary/aromatic N) is 2. The normalized spacial score (nSPS) is 26.4. The highest BCUT2D eigenvalue weighted by Crippen LogP contribution is 2.65. The summed E-state index contributed by atoms with van der Waals surface area (Å²) in [5.41, 5.74) is 0.911. The molecule has 2 aliphatic carbocycles. The molecule has 2 saturated carbocycles. The Labute approximate surface area is 229 Å². The van der Waals surface area contributed by atoms with E-state index in [9.17, 15) is 27.5 Å². The van der Waals surface area contributed by atoms with Gasteiger partial charge >= 0.3 is 12.4 Å². The summed E-state index contributed by atoms with van der Waals surface area (Å²) in [5.74, 6) is -0.693. The Balaban J connectivity index is 1.28. The van der Waals surface area contributed by atoms with Crippen molar-refractivity contribution in [2.24, 2.45) is 5.92 Å². The van der Waals surface area contributed by atoms with E-state index in [0.29, 0.717) is 18.8 Å². The predicted molar refractivity (Wildman–Crippen MR) is 139 cm³/mol. The number of carbonyl (C=O) groups is 1. The Morgan fingerprint density at radius 2 is 2.03 bits per heavy atom. The van der Waals surface area contributed by atoms with Crippen LogP contribution in [0.2, 0.25) is 5.02 Å². The number of halogens is 5. The van der Waals surface area contributed by atoms with E-state index in [1.54, 1.807) is 6.07 Å². The fourth-order valence-corrected chi connectivity index (χ4v) is 6.58. The summed E-state index contributed by atoms with van der Waals surface area (Å²) in [4.78, 5) is 17.5. The SMILES string of the molecule is O=C(Nc1ccc(F)c(Cl)c1)N(CCCCN1CC[C@H](O)C1)[C@@H]1CC[C@]2(c3cccc(OC(F)(F)F)c3)C[C@H]12. The Kier molecular flexibility index (Phi) is 7.99. The average molecular weight is 570 g/mol. The van der Waals surface area contributed by atoms with Crippen molar-refractivity contribution in [3.05, 3.63) is 58.9 Å². The number of fused-ring (bicyclic) bond motifs is 1. The van der Waals surface area contributed by atoms with Crippen LogP contribution >= 0.6 is 11.6 Å². The number of hydrogen-bond acceptors (Lipinski definition) is 4. The lowest BCUT2D eigenvalue weighted by Gasteiger charge is -2.31. The van der Waals surface area contributed by atoms with Crippen molar-refractivity contribution in [1.82, 2.24) is 9.80 Å². The highest BCUT2D eigenvalue weighted by atomic mass is 35.5. The summed E-state index contributed by atoms with van der Waals surface area (Å²) in [6.45, 7) is 2.87. The predicted octanol–water partition coefficient (Wildman–Crippen LogP) is 6.18. The number of hydrogen-bond donors (Lipinski definition) is 2. The number of benzene rings is 2. The van der Waals surface area contributed by atoms with Crippen LogP contribution in [0.1, 0.15) is 44.1 Å². The van der Waals surface area contributed by atoms with Gasteiger partial charge < -0.3 is 25.0 Å². The zero-order valence-electron chi connectivity index (χ0n) is 21.4. The van der Waals surface area contributed by atoms with Crippen LogP contribution < -0.4 is 10.1 Å². The minimum absolute atomic E-state index is 0.0817. The van der Waals surface area contributed by atoms with Crippen molar-refractivity contribution in [2.45, 2.75) is 62.4 Å². The van der Waals surface area contributed by atoms with Gasteiger partial charge in [0.05, 0.1) is 11.1 Å². The lowest BCUT2D eigenvalue weighted by Crippen LogP contribution is -2.44. The lowest BCUT2D eigenvalue weighted by atomic mass is 9.93. The van der Waals surface area contributed by atoms with E-state index in [-0.39, 0.29) is 40.3 Å². The Morgan fingerprint density at radius 1 is 1.21 bits per heavy atom. The lowest BCUT2D eigenvalue weighted by molar-refractivity contribution is -0.274. The average Bonchev–Trinajstić information content (AvgIpc) is 3.27. The first-order chi connectivity index (χ1) is 18.5. The highest BCUT2D eigenvalue weighted by Gasteiger charge is 2.64. The van der Waals surface area contributed by atoms with E-state index in [4.69, 9.17) is 11.6 Å². The Bertz CT molecular complexity index is 1200. The molecule has 1 saturated heterocycles. The molecule has 0 radical (unpaired) electrons. The van der Waals surface area contributed by atoms with E-state index in [1.165, 1.54) is 30.3 Å². The molecule has 3 fully saturated rings. The number of likely N-dealkylation sites (tertiary alicyclic amines) is 1. The first kappa shape index (κ1) is 28.0. The molecule has 1 aliphatic heterocycles. The second-order valence-electron chi connectivity index (χ2n) is 10.9. The molecule has 1 heterocycles. The number of unbranched alkanes of at least 4 members (excludes halogenated alkanes) is 1. The number of alkyl halides is 3. The molecule has 2 amide bonds. The zero-order chi connectivity index (χ0) is 27.8. The third-order valence-corrected chi connectivity index (χ3v) is 8.62. The van der Waals surface area contributed by atoms with Crippen molar-refractivity contribution in [2.75, 3.05) is 31.5 Å². The maximum absolute atomic E-state index is 13.6. The molecule has 2 aromatic carbocycles. The van der Waals surface area contributed by atoms with E-state index in [1.807, 2.05) is 11.0 Å². The van der Waals surface area contributed by atoms with Gasteiger partial charge in [-0.1, -0.05) is 23.7 Å². The van der Waals surface area contributed by atoms with Crippen LogP contribution in [0.15, 0.2) is 42.5 Å². The van der Waals surface area contributed by atoms with Gasteiger partial charge in [0.1, 0.15) is 11.6 Å². The van der Waals surface area contributed by atoms with Crippen molar-refractivity contribution in [3.8, 4) is 5.75 Å². The van der Waals surface area contributed by atoms with Gasteiger partial charge in [0.2, 0.25) is 0 Å². The van der Waals surface area contributed by atoms with Crippen LogP contribution in [0.25, 0.3) is 0 Å². The fraction of sp³-hybridized carbons (Fsp3) is 0.536. The van der Waals surface area contributed by atoms with Gasteiger partial charge in [0.25, 0.3) is 0 Å². The molecule has 0 aromatic heterocycles. The highest BCUT2D eigenvalue weighted by molar-refractivity contribution is 6.31. The van der Waals surface area contributed by atoms with Crippen LogP contribution in [-0.2, 0) is 5.41 Å². The number of carbonyl (C=O) groups excluding carboxylic acids is 1. The summed E-state index contributed by atoms with van der Waals surface area (Å²) in [6, 6.07) is 9.80. The van der Waals surface area contributed by atoms with Crippen molar-refractivity contribution in [3.63, 3.8) is 0 Å². The largest absolute Gasteiger partial charge is 0.573 e. The summed E-state index contributed by atoms with van der Waals surface area (Å²) < 4.78 is 56.1. The minimum atomic E-state index is -4.76. The number of rotatable bonds is 9. The quantitative estimate of drug-likeness (QED) is 0.280. The van der Waals surface area contributed by atoms with Crippen LogP contribution in [0.4, 0.5) is 28.0 Å². The van der Waals surface area contributed by atoms with E-state index < -0.39 is 12.2 Å². The molecule has 0 bridgehead atoms. The molecule has 2 N–H and O–H groups in total. The number of β-amino-alcohol motifs (C(OH)–C–C–N with tert-alkyl or cyclic N) is 1. The molecule has 2 aromatic rings. The first-order valence-corrected chi connectivity index (χ1v) is 13.7. The van der Waals surface area contributed by atoms with Gasteiger partial charge in [-0.25, -0.2) is 9.18 Å². The van der Waals surface area contributed by atoms with Crippen LogP contribution in [0.5, 0.6) is 5.75 Å². The summed E-state index contributed by atoms with van der Waals surface area (Å²) in [5, 5.41) is 12.5. The minimum Gasteiger partial charge on any atom is -0.406 e. The first-order valence-electron chi connectivity index (χ1n) is 13.3. The van der Waals surface area contributed by atoms with Crippen LogP contribution in [0, 0.1) is 11.7 Å². The summed E-state index contributed by atoms with van der Waals surface area (Å²) in [6.07, 6.45) is -0.381. The van der Waals surface area contributed by atoms with Gasteiger partial charge in [-0.2, -0.15) is 0 Å². The summed E-state index contributed by atoms with van der Waals surface area (Å²) >= 11 is 5.90. The molecule has 0 spiro atoms. The van der Waals surface area contributed by atoms with E-state index in [0.717, 1.165) is 57.2 Å². The third-order valence-electron chi connectivity index (χ3n) is 8.33. The van der Waals surface area contributed by atoms with Gasteiger partial charge in [-0.3, -0.25) is 0 Å². The van der Waals surface area contributed by atoms with Crippen LogP contribution in [-0.4, -0.2) is 65.6 Å². The van der Waals surface area contributed by atoms with Crippen molar-refractivity contribution >= 4 is 23.3 Å². The summed E-state index contributed by atoms with van der Waals surface area (Å²) in [7, 11) is 0. The second-order valence-corrected chi connectivity index (χ2v) is 11.3. The van der Waals surface area contributed by atoms with Gasteiger partial charge in [-0.15, -0.1) is 13.2 Å². The number of anilines is 1. The molecular formula is C28H32ClF4N3O3. The standard InChI is InChI=1S/C28H32ClF4N3O3/c29-23-15-19(6-7-24(23)30)34-26(38)36(12-2-1-11-35-13-9-20(37)17-35)25-8-10-27(16-22(25)27)18-4-3-5-21(14-18)39-28(31,32)33/h3-7,14-15,20,22,25,37H,1-2,8-13,16-17H2,(H,34,38)/t20-,22+,25+,27+/m0/s1. The molecular weight excluding hydrogens is 538 g/mol. The molecule has 5 rings (SSSR count). The molecule has 212 valence electrons. The molecule has 3 aliphatic rings. The van der Waals surface area contributed by atoms with E-state index in [2.05, 4.69) is 15.0 Å². The molecule has 11 heteroatoms. The smallest absolute Gasteiger partial charge is 0.406 e. The van der Waals surface area contributed by atoms with E-state index >= 15 is 0 Å². The number of aliphatic hydroxyl groups excluding tert-OH is 1. The maximum Gasteiger partial charge on any atom is 0.573 e. The number of ether oxygens (including phenoxy) is 1. The maximum atomic E-state index is 13.6. The molecule has 4 atom stereocenters. The molecule has 6 nitrogen and oxygen atoms in total. The van der Waals surface area contributed by atoms with Gasteiger partial charge in [0, 0.05) is 36.8 Å². The number of aliphatic hydroxyl groups is 1. The monoisotopic (exact) mass is 569 g/mol.